The summed E-state index contributed by atoms with van der Waals surface area (Å²) < 4.78 is 7.22. The number of hydrogen-bond donors (Lipinski definition) is 2. The van der Waals surface area contributed by atoms with E-state index in [0.29, 0.717) is 29.1 Å². The van der Waals surface area contributed by atoms with Crippen molar-refractivity contribution in [3.05, 3.63) is 40.0 Å². The largest absolute Gasteiger partial charge is 0.459 e. The van der Waals surface area contributed by atoms with Gasteiger partial charge in [-0.2, -0.15) is 5.10 Å². The predicted octanol–water partition coefficient (Wildman–Crippen LogP) is 3.08. The molecule has 2 aromatic heterocycles. The van der Waals surface area contributed by atoms with E-state index in [1.165, 1.54) is 0 Å². The molecule has 2 aromatic rings. The topological polar surface area (TPSA) is 89.0 Å². The molecule has 2 rings (SSSR count). The fourth-order valence-corrected chi connectivity index (χ4v) is 3.13. The van der Waals surface area contributed by atoms with Gasteiger partial charge in [-0.25, -0.2) is 4.79 Å². The predicted molar refractivity (Wildman–Crippen MR) is 104 cm³/mol. The number of ether oxygens (including phenoxy) is 1. The maximum absolute atomic E-state index is 12.6. The molecule has 0 bridgehead atoms. The van der Waals surface area contributed by atoms with Gasteiger partial charge < -0.3 is 15.0 Å². The number of nitrogens with one attached hydrogen (secondary N) is 2. The van der Waals surface area contributed by atoms with Crippen LogP contribution >= 0.6 is 0 Å². The van der Waals surface area contributed by atoms with Crippen molar-refractivity contribution in [2.24, 2.45) is 5.92 Å². The highest BCUT2D eigenvalue weighted by Gasteiger charge is 2.23. The first-order chi connectivity index (χ1) is 12.6. The second-order valence-electron chi connectivity index (χ2n) is 7.50. The molecule has 0 saturated heterocycles. The van der Waals surface area contributed by atoms with E-state index in [9.17, 15) is 9.59 Å². The van der Waals surface area contributed by atoms with Gasteiger partial charge in [-0.05, 0) is 59.1 Å². The van der Waals surface area contributed by atoms with Crippen molar-refractivity contribution in [2.45, 2.75) is 61.1 Å². The van der Waals surface area contributed by atoms with Crippen LogP contribution in [0.2, 0.25) is 0 Å². The van der Waals surface area contributed by atoms with Crippen molar-refractivity contribution in [1.29, 1.82) is 0 Å². The number of aryl methyl sites for hydroxylation is 3. The molecule has 7 nitrogen and oxygen atoms in total. The van der Waals surface area contributed by atoms with Crippen LogP contribution in [0.1, 0.15) is 64.3 Å². The molecule has 0 saturated carbocycles. The van der Waals surface area contributed by atoms with E-state index in [1.54, 1.807) is 27.7 Å². The molecule has 0 spiro atoms. The van der Waals surface area contributed by atoms with Gasteiger partial charge in [0.2, 0.25) is 0 Å². The van der Waals surface area contributed by atoms with Crippen LogP contribution in [0.5, 0.6) is 0 Å². The lowest BCUT2D eigenvalue weighted by molar-refractivity contribution is 0.0376. The average Bonchev–Trinajstić information content (AvgIpc) is 3.02. The van der Waals surface area contributed by atoms with Crippen LogP contribution < -0.4 is 5.32 Å². The summed E-state index contributed by atoms with van der Waals surface area (Å²) in [5.74, 6) is -0.415. The highest BCUT2D eigenvalue weighted by atomic mass is 16.5. The number of aromatic amines is 1. The third-order valence-corrected chi connectivity index (χ3v) is 4.41. The summed E-state index contributed by atoms with van der Waals surface area (Å²) >= 11 is 0. The van der Waals surface area contributed by atoms with Crippen LogP contribution in [0.3, 0.4) is 0 Å². The maximum Gasteiger partial charge on any atom is 0.340 e. The highest BCUT2D eigenvalue weighted by molar-refractivity contribution is 6.00. The number of H-pyrrole nitrogens is 1. The van der Waals surface area contributed by atoms with Crippen LogP contribution in [-0.2, 0) is 11.3 Å². The number of nitrogens with zero attached hydrogens (tertiary/aromatic N) is 2. The van der Waals surface area contributed by atoms with E-state index in [0.717, 1.165) is 17.9 Å². The first kappa shape index (κ1) is 20.7. The zero-order chi connectivity index (χ0) is 20.3. The Morgan fingerprint density at radius 3 is 2.44 bits per heavy atom. The molecule has 1 amide bonds. The van der Waals surface area contributed by atoms with Crippen LogP contribution in [0.15, 0.2) is 6.07 Å². The van der Waals surface area contributed by atoms with Gasteiger partial charge in [0.15, 0.2) is 0 Å². The lowest BCUT2D eigenvalue weighted by Gasteiger charge is -2.14. The van der Waals surface area contributed by atoms with E-state index < -0.39 is 5.97 Å². The SMILES string of the molecule is Cc1cc(C)n(CC(C)CNC(=O)c2[nH]c(C)c(C(=O)OC(C)C)c2C)n1. The normalized spacial score (nSPS) is 12.3. The summed E-state index contributed by atoms with van der Waals surface area (Å²) in [4.78, 5) is 27.9. The fourth-order valence-electron chi connectivity index (χ4n) is 3.13. The van der Waals surface area contributed by atoms with Crippen LogP contribution in [0.4, 0.5) is 0 Å². The van der Waals surface area contributed by atoms with Gasteiger partial charge in [0.1, 0.15) is 5.69 Å². The Morgan fingerprint density at radius 1 is 1.22 bits per heavy atom. The molecule has 27 heavy (non-hydrogen) atoms. The Morgan fingerprint density at radius 2 is 1.89 bits per heavy atom. The zero-order valence-electron chi connectivity index (χ0n) is 17.3. The Labute approximate surface area is 160 Å². The second-order valence-corrected chi connectivity index (χ2v) is 7.50. The van der Waals surface area contributed by atoms with Gasteiger partial charge in [-0.3, -0.25) is 9.48 Å². The number of carbonyl (C=O) groups is 2. The van der Waals surface area contributed by atoms with E-state index in [4.69, 9.17) is 4.74 Å². The lowest BCUT2D eigenvalue weighted by atomic mass is 10.1. The Balaban J connectivity index is 2.01. The molecule has 1 unspecified atom stereocenters. The van der Waals surface area contributed by atoms with Crippen LogP contribution in [0, 0.1) is 33.6 Å². The Kier molecular flexibility index (Phi) is 6.46. The standard InChI is InChI=1S/C20H30N4O3/c1-11(2)27-20(26)17-15(6)18(22-16(17)7)19(25)21-9-12(3)10-24-14(5)8-13(4)23-24/h8,11-12,22H,9-10H2,1-7H3,(H,21,25). The van der Waals surface area contributed by atoms with Gasteiger partial charge in [0.25, 0.3) is 5.91 Å². The average molecular weight is 374 g/mol. The number of aromatic nitrogens is 3. The van der Waals surface area contributed by atoms with E-state index in [-0.39, 0.29) is 17.9 Å². The molecule has 1 atom stereocenters. The molecule has 0 radical (unpaired) electrons. The molecule has 0 aliphatic heterocycles. The number of carbonyl (C=O) groups excluding carboxylic acids is 2. The summed E-state index contributed by atoms with van der Waals surface area (Å²) in [6.07, 6.45) is -0.210. The summed E-state index contributed by atoms with van der Waals surface area (Å²) in [6.45, 7) is 14.4. The third kappa shape index (κ3) is 4.99. The number of amides is 1. The summed E-state index contributed by atoms with van der Waals surface area (Å²) in [7, 11) is 0. The fraction of sp³-hybridized carbons (Fsp3) is 0.550. The minimum absolute atomic E-state index is 0.210. The molecule has 2 heterocycles. The van der Waals surface area contributed by atoms with Gasteiger partial charge in [0.05, 0.1) is 17.4 Å². The number of hydrogen-bond acceptors (Lipinski definition) is 4. The molecule has 2 N–H and O–H groups in total. The minimum atomic E-state index is -0.409. The summed E-state index contributed by atoms with van der Waals surface area (Å²) in [5, 5.41) is 7.40. The monoisotopic (exact) mass is 374 g/mol. The molecular formula is C20H30N4O3. The van der Waals surface area contributed by atoms with Gasteiger partial charge in [-0.15, -0.1) is 0 Å². The molecule has 0 aliphatic carbocycles. The smallest absolute Gasteiger partial charge is 0.340 e. The van der Waals surface area contributed by atoms with Crippen LogP contribution in [-0.4, -0.2) is 39.3 Å². The number of rotatable bonds is 7. The molecule has 0 aliphatic rings. The molecule has 0 fully saturated rings. The van der Waals surface area contributed by atoms with Crippen molar-refractivity contribution >= 4 is 11.9 Å². The molecular weight excluding hydrogens is 344 g/mol. The van der Waals surface area contributed by atoms with E-state index >= 15 is 0 Å². The molecule has 0 aromatic carbocycles. The second kappa shape index (κ2) is 8.41. The molecule has 148 valence electrons. The van der Waals surface area contributed by atoms with E-state index in [2.05, 4.69) is 22.3 Å². The van der Waals surface area contributed by atoms with Crippen molar-refractivity contribution in [3.63, 3.8) is 0 Å². The van der Waals surface area contributed by atoms with Crippen LogP contribution in [0.25, 0.3) is 0 Å². The third-order valence-electron chi connectivity index (χ3n) is 4.41. The van der Waals surface area contributed by atoms with Gasteiger partial charge >= 0.3 is 5.97 Å². The maximum atomic E-state index is 12.6. The zero-order valence-corrected chi connectivity index (χ0v) is 17.3. The first-order valence-corrected chi connectivity index (χ1v) is 9.29. The quantitative estimate of drug-likeness (QED) is 0.729. The van der Waals surface area contributed by atoms with Crippen molar-refractivity contribution in [1.82, 2.24) is 20.1 Å². The van der Waals surface area contributed by atoms with Crippen molar-refractivity contribution < 1.29 is 14.3 Å². The first-order valence-electron chi connectivity index (χ1n) is 9.29. The minimum Gasteiger partial charge on any atom is -0.459 e. The Hall–Kier alpha value is -2.57. The van der Waals surface area contributed by atoms with E-state index in [1.807, 2.05) is 24.6 Å². The summed E-state index contributed by atoms with van der Waals surface area (Å²) in [6, 6.07) is 2.04. The highest BCUT2D eigenvalue weighted by Crippen LogP contribution is 2.19. The lowest BCUT2D eigenvalue weighted by Crippen LogP contribution is -2.31. The molecule has 7 heteroatoms. The van der Waals surface area contributed by atoms with Gasteiger partial charge in [0, 0.05) is 24.5 Å². The summed E-state index contributed by atoms with van der Waals surface area (Å²) in [5.41, 5.74) is 4.18. The number of esters is 1. The van der Waals surface area contributed by atoms with Crippen molar-refractivity contribution in [2.75, 3.05) is 6.54 Å². The Bertz CT molecular complexity index is 833. The van der Waals surface area contributed by atoms with Crippen molar-refractivity contribution in [3.8, 4) is 0 Å². The van der Waals surface area contributed by atoms with Gasteiger partial charge in [-0.1, -0.05) is 6.92 Å².